The molecule has 0 aromatic heterocycles. The van der Waals surface area contributed by atoms with Gasteiger partial charge in [-0.25, -0.2) is 0 Å². The smallest absolute Gasteiger partial charge is 0.321 e. The van der Waals surface area contributed by atoms with Crippen molar-refractivity contribution in [1.82, 2.24) is 0 Å². The van der Waals surface area contributed by atoms with Crippen LogP contribution in [0.15, 0.2) is 24.3 Å². The minimum Gasteiger partial charge on any atom is -0.481 e. The Morgan fingerprint density at radius 3 is 2.67 bits per heavy atom. The van der Waals surface area contributed by atoms with Gasteiger partial charge in [0, 0.05) is 6.42 Å². The molecular weight excluding hydrogens is 236 g/mol. The number of Topliss-reactive ketones (excluding diaryl/α,β-unsaturated/α-hetero) is 1. The summed E-state index contributed by atoms with van der Waals surface area (Å²) in [5.41, 5.74) is 1.39. The van der Waals surface area contributed by atoms with Gasteiger partial charge in [-0.2, -0.15) is 0 Å². The molecule has 1 aromatic rings. The standard InChI is InChI=1S/C13H12O5/c1-18-13(17)11(12(15)16)10-8-5-3-2-4-7(8)6-9(10)14/h2-5,10-11H,6H2,1H3,(H,15,16). The number of ether oxygens (including phenoxy) is 1. The first-order chi connectivity index (χ1) is 8.56. The van der Waals surface area contributed by atoms with Crippen molar-refractivity contribution in [2.75, 3.05) is 7.11 Å². The first-order valence-corrected chi connectivity index (χ1v) is 5.47. The number of hydrogen-bond acceptors (Lipinski definition) is 4. The molecule has 0 amide bonds. The van der Waals surface area contributed by atoms with Gasteiger partial charge in [-0.05, 0) is 11.1 Å². The van der Waals surface area contributed by atoms with Gasteiger partial charge in [0.15, 0.2) is 5.92 Å². The number of carboxylic acids is 1. The summed E-state index contributed by atoms with van der Waals surface area (Å²) in [4.78, 5) is 34.7. The second kappa shape index (κ2) is 4.60. The lowest BCUT2D eigenvalue weighted by Gasteiger charge is -2.17. The van der Waals surface area contributed by atoms with Gasteiger partial charge in [-0.15, -0.1) is 0 Å². The van der Waals surface area contributed by atoms with E-state index >= 15 is 0 Å². The Labute approximate surface area is 103 Å². The van der Waals surface area contributed by atoms with Crippen LogP contribution in [0.4, 0.5) is 0 Å². The van der Waals surface area contributed by atoms with Crippen LogP contribution in [0.5, 0.6) is 0 Å². The molecule has 94 valence electrons. The SMILES string of the molecule is COC(=O)C(C(=O)O)C1C(=O)Cc2ccccc21. The molecule has 0 bridgehead atoms. The predicted molar refractivity (Wildman–Crippen MR) is 61.0 cm³/mol. The van der Waals surface area contributed by atoms with Gasteiger partial charge >= 0.3 is 11.9 Å². The van der Waals surface area contributed by atoms with Crippen molar-refractivity contribution in [3.63, 3.8) is 0 Å². The van der Waals surface area contributed by atoms with Crippen LogP contribution in [0.2, 0.25) is 0 Å². The number of rotatable bonds is 3. The highest BCUT2D eigenvalue weighted by molar-refractivity contribution is 6.04. The van der Waals surface area contributed by atoms with Gasteiger partial charge in [0.05, 0.1) is 13.0 Å². The van der Waals surface area contributed by atoms with E-state index in [1.54, 1.807) is 24.3 Å². The van der Waals surface area contributed by atoms with Crippen molar-refractivity contribution in [3.05, 3.63) is 35.4 Å². The van der Waals surface area contributed by atoms with Crippen molar-refractivity contribution in [1.29, 1.82) is 0 Å². The quantitative estimate of drug-likeness (QED) is 0.631. The number of ketones is 1. The second-order valence-corrected chi connectivity index (χ2v) is 4.16. The van der Waals surface area contributed by atoms with E-state index in [1.807, 2.05) is 0 Å². The zero-order valence-corrected chi connectivity index (χ0v) is 9.75. The van der Waals surface area contributed by atoms with Crippen LogP contribution < -0.4 is 0 Å². The topological polar surface area (TPSA) is 80.7 Å². The lowest BCUT2D eigenvalue weighted by atomic mass is 9.86. The lowest BCUT2D eigenvalue weighted by Crippen LogP contribution is -2.33. The van der Waals surface area contributed by atoms with Crippen LogP contribution in [-0.2, 0) is 25.5 Å². The molecule has 0 spiro atoms. The summed E-state index contributed by atoms with van der Waals surface area (Å²) in [7, 11) is 1.11. The Morgan fingerprint density at radius 2 is 2.06 bits per heavy atom. The van der Waals surface area contributed by atoms with E-state index in [9.17, 15) is 14.4 Å². The van der Waals surface area contributed by atoms with E-state index in [1.165, 1.54) is 0 Å². The maximum Gasteiger partial charge on any atom is 0.321 e. The molecule has 2 rings (SSSR count). The summed E-state index contributed by atoms with van der Waals surface area (Å²) in [6.45, 7) is 0. The molecule has 1 aliphatic rings. The summed E-state index contributed by atoms with van der Waals surface area (Å²) in [5, 5.41) is 9.13. The molecule has 0 saturated heterocycles. The number of benzene rings is 1. The van der Waals surface area contributed by atoms with E-state index < -0.39 is 23.8 Å². The Kier molecular flexibility index (Phi) is 3.14. The van der Waals surface area contributed by atoms with Crippen molar-refractivity contribution in [2.45, 2.75) is 12.3 Å². The van der Waals surface area contributed by atoms with Crippen molar-refractivity contribution >= 4 is 17.7 Å². The number of carbonyl (C=O) groups excluding carboxylic acids is 2. The number of aliphatic carboxylic acids is 1. The summed E-state index contributed by atoms with van der Waals surface area (Å²) in [5.74, 6) is -4.89. The van der Waals surface area contributed by atoms with E-state index in [0.717, 1.165) is 12.7 Å². The van der Waals surface area contributed by atoms with Crippen LogP contribution in [-0.4, -0.2) is 29.9 Å². The monoisotopic (exact) mass is 248 g/mol. The van der Waals surface area contributed by atoms with Crippen LogP contribution in [0.3, 0.4) is 0 Å². The van der Waals surface area contributed by atoms with Crippen LogP contribution in [0.25, 0.3) is 0 Å². The Bertz CT molecular complexity index is 520. The molecule has 5 heteroatoms. The second-order valence-electron chi connectivity index (χ2n) is 4.16. The molecule has 0 saturated carbocycles. The number of carboxylic acid groups (broad SMARTS) is 1. The third-order valence-electron chi connectivity index (χ3n) is 3.16. The number of carbonyl (C=O) groups is 3. The van der Waals surface area contributed by atoms with E-state index in [4.69, 9.17) is 5.11 Å². The maximum absolute atomic E-state index is 11.9. The average Bonchev–Trinajstić information content (AvgIpc) is 2.66. The van der Waals surface area contributed by atoms with Gasteiger partial charge in [-0.1, -0.05) is 24.3 Å². The van der Waals surface area contributed by atoms with Crippen molar-refractivity contribution in [3.8, 4) is 0 Å². The minimum absolute atomic E-state index is 0.168. The zero-order chi connectivity index (χ0) is 13.3. The van der Waals surface area contributed by atoms with Gasteiger partial charge in [0.25, 0.3) is 0 Å². The third kappa shape index (κ3) is 1.88. The third-order valence-corrected chi connectivity index (χ3v) is 3.16. The van der Waals surface area contributed by atoms with Crippen LogP contribution >= 0.6 is 0 Å². The minimum atomic E-state index is -1.47. The molecular formula is C13H12O5. The van der Waals surface area contributed by atoms with E-state index in [2.05, 4.69) is 4.74 Å². The first kappa shape index (κ1) is 12.3. The molecule has 18 heavy (non-hydrogen) atoms. The highest BCUT2D eigenvalue weighted by atomic mass is 16.5. The maximum atomic E-state index is 11.9. The van der Waals surface area contributed by atoms with Gasteiger partial charge in [-0.3, -0.25) is 14.4 Å². The van der Waals surface area contributed by atoms with E-state index in [0.29, 0.717) is 5.56 Å². The summed E-state index contributed by atoms with van der Waals surface area (Å²) < 4.78 is 4.48. The lowest BCUT2D eigenvalue weighted by molar-refractivity contribution is -0.159. The summed E-state index contributed by atoms with van der Waals surface area (Å²) >= 11 is 0. The number of fused-ring (bicyclic) bond motifs is 1. The van der Waals surface area contributed by atoms with E-state index in [-0.39, 0.29) is 12.2 Å². The van der Waals surface area contributed by atoms with Gasteiger partial charge in [0.1, 0.15) is 5.78 Å². The fourth-order valence-electron chi connectivity index (χ4n) is 2.34. The molecule has 0 fully saturated rings. The number of esters is 1. The molecule has 2 atom stereocenters. The summed E-state index contributed by atoms with van der Waals surface area (Å²) in [6.07, 6.45) is 0.168. The molecule has 2 unspecified atom stereocenters. The molecule has 0 aliphatic heterocycles. The van der Waals surface area contributed by atoms with Gasteiger partial charge in [0.2, 0.25) is 0 Å². The molecule has 5 nitrogen and oxygen atoms in total. The van der Waals surface area contributed by atoms with Crippen molar-refractivity contribution < 1.29 is 24.2 Å². The Balaban J connectivity index is 2.46. The molecule has 0 heterocycles. The van der Waals surface area contributed by atoms with Gasteiger partial charge < -0.3 is 9.84 Å². The van der Waals surface area contributed by atoms with Crippen LogP contribution in [0.1, 0.15) is 17.0 Å². The molecule has 0 radical (unpaired) electrons. The normalized spacial score (nSPS) is 19.2. The number of methoxy groups -OCH3 is 1. The molecule has 1 aromatic carbocycles. The number of hydrogen-bond donors (Lipinski definition) is 1. The summed E-state index contributed by atoms with van der Waals surface area (Å²) in [6, 6.07) is 6.95. The fourth-order valence-corrected chi connectivity index (χ4v) is 2.34. The first-order valence-electron chi connectivity index (χ1n) is 5.47. The fraction of sp³-hybridized carbons (Fsp3) is 0.308. The highest BCUT2D eigenvalue weighted by Gasteiger charge is 2.44. The van der Waals surface area contributed by atoms with Crippen molar-refractivity contribution in [2.24, 2.45) is 5.92 Å². The largest absolute Gasteiger partial charge is 0.481 e. The predicted octanol–water partition coefficient (Wildman–Crippen LogP) is 0.769. The zero-order valence-electron chi connectivity index (χ0n) is 9.75. The highest BCUT2D eigenvalue weighted by Crippen LogP contribution is 2.36. The molecule has 1 N–H and O–H groups in total. The Morgan fingerprint density at radius 1 is 1.39 bits per heavy atom. The Hall–Kier alpha value is -2.17. The average molecular weight is 248 g/mol. The molecule has 1 aliphatic carbocycles. The van der Waals surface area contributed by atoms with Crippen LogP contribution in [0, 0.1) is 5.92 Å².